The summed E-state index contributed by atoms with van der Waals surface area (Å²) in [5, 5.41) is 23.4. The summed E-state index contributed by atoms with van der Waals surface area (Å²) in [7, 11) is -0.682. The normalized spacial score (nSPS) is 11.0. The third kappa shape index (κ3) is 6.88. The largest absolute Gasteiger partial charge is 0.481 e. The summed E-state index contributed by atoms with van der Waals surface area (Å²) in [6.07, 6.45) is 2.50. The molecule has 0 radical (unpaired) electrons. The molecule has 3 aromatic rings. The van der Waals surface area contributed by atoms with Crippen LogP contribution in [0.3, 0.4) is 0 Å². The number of pyridine rings is 1. The van der Waals surface area contributed by atoms with Gasteiger partial charge in [0.25, 0.3) is 0 Å². The van der Waals surface area contributed by atoms with E-state index in [0.29, 0.717) is 35.1 Å². The first-order chi connectivity index (χ1) is 16.1. The molecule has 0 spiro atoms. The van der Waals surface area contributed by atoms with Gasteiger partial charge in [-0.25, -0.2) is 27.7 Å². The number of ether oxygens (including phenoxy) is 1. The minimum absolute atomic E-state index is 0.0177. The van der Waals surface area contributed by atoms with Crippen molar-refractivity contribution in [2.75, 3.05) is 14.2 Å². The number of carboxylic acid groups (broad SMARTS) is 2. The lowest BCUT2D eigenvalue weighted by Crippen LogP contribution is -2.11. The number of hydrogen-bond acceptors (Lipinski definition) is 8. The van der Waals surface area contributed by atoms with Crippen LogP contribution < -0.4 is 10.1 Å². The molecule has 13 heteroatoms. The van der Waals surface area contributed by atoms with Crippen molar-refractivity contribution in [1.82, 2.24) is 20.1 Å². The first-order valence-electron chi connectivity index (χ1n) is 9.47. The molecule has 0 aliphatic rings. The zero-order chi connectivity index (χ0) is 25.3. The molecule has 0 atom stereocenters. The minimum atomic E-state index is -3.87. The fourth-order valence-electron chi connectivity index (χ4n) is 2.60. The summed E-state index contributed by atoms with van der Waals surface area (Å²) in [6, 6.07) is 11.3. The Morgan fingerprint density at radius 2 is 1.79 bits per heavy atom. The van der Waals surface area contributed by atoms with Crippen molar-refractivity contribution >= 4 is 33.4 Å². The molecule has 0 saturated carbocycles. The fraction of sp³-hybridized carbons (Fsp3) is 0.143. The molecule has 3 rings (SSSR count). The van der Waals surface area contributed by atoms with Crippen LogP contribution in [-0.2, 0) is 26.0 Å². The summed E-state index contributed by atoms with van der Waals surface area (Å²) in [6.45, 7) is 0.416. The van der Waals surface area contributed by atoms with Crippen LogP contribution in [0.5, 0.6) is 5.88 Å². The topological polar surface area (TPSA) is 161 Å². The lowest BCUT2D eigenvalue weighted by molar-refractivity contribution is -0.134. The zero-order valence-electron chi connectivity index (χ0n) is 18.0. The maximum absolute atomic E-state index is 13.2. The van der Waals surface area contributed by atoms with E-state index in [1.54, 1.807) is 31.3 Å². The number of halogens is 1. The van der Waals surface area contributed by atoms with Gasteiger partial charge in [0, 0.05) is 37.0 Å². The molecule has 1 aromatic carbocycles. The van der Waals surface area contributed by atoms with E-state index in [4.69, 9.17) is 26.6 Å². The van der Waals surface area contributed by atoms with Gasteiger partial charge in [-0.3, -0.25) is 0 Å². The highest BCUT2D eigenvalue weighted by Gasteiger charge is 2.26. The molecule has 0 unspecified atom stereocenters. The standard InChI is InChI=1S/C17H17ClN4O3S.C4H4O4/c1-19-11-12-9-17(22(21-12)15-6-4-3-5-14(15)18)26(23,24)13-7-8-20-16(10-13)25-2;5-3(6)1-2-4(7)8/h3-10,19H,11H2,1-2H3;1-2H,(H,5,6)(H,7,8)/b;2-1+. The van der Waals surface area contributed by atoms with E-state index in [2.05, 4.69) is 15.4 Å². The summed E-state index contributed by atoms with van der Waals surface area (Å²) in [5.41, 5.74) is 1.06. The van der Waals surface area contributed by atoms with Crippen LogP contribution in [-0.4, -0.2) is 59.5 Å². The van der Waals surface area contributed by atoms with Gasteiger partial charge in [0.05, 0.1) is 28.4 Å². The van der Waals surface area contributed by atoms with Gasteiger partial charge in [0.15, 0.2) is 5.03 Å². The molecule has 180 valence electrons. The van der Waals surface area contributed by atoms with E-state index >= 15 is 0 Å². The number of rotatable bonds is 8. The summed E-state index contributed by atoms with van der Waals surface area (Å²) < 4.78 is 32.8. The van der Waals surface area contributed by atoms with E-state index in [0.717, 1.165) is 0 Å². The fourth-order valence-corrected chi connectivity index (χ4v) is 4.21. The third-order valence-corrected chi connectivity index (χ3v) is 6.07. The highest BCUT2D eigenvalue weighted by molar-refractivity contribution is 7.91. The Morgan fingerprint density at radius 1 is 1.15 bits per heavy atom. The summed E-state index contributed by atoms with van der Waals surface area (Å²) >= 11 is 6.26. The molecule has 0 saturated heterocycles. The summed E-state index contributed by atoms with van der Waals surface area (Å²) in [4.78, 5) is 23.1. The second-order valence-electron chi connectivity index (χ2n) is 6.41. The van der Waals surface area contributed by atoms with Crippen LogP contribution in [0.25, 0.3) is 5.69 Å². The van der Waals surface area contributed by atoms with Crippen LogP contribution in [0.4, 0.5) is 0 Å². The van der Waals surface area contributed by atoms with E-state index in [9.17, 15) is 18.0 Å². The number of methoxy groups -OCH3 is 1. The monoisotopic (exact) mass is 508 g/mol. The second kappa shape index (κ2) is 11.9. The van der Waals surface area contributed by atoms with Crippen molar-refractivity contribution < 1.29 is 33.0 Å². The Hall–Kier alpha value is -3.74. The van der Waals surface area contributed by atoms with Crippen molar-refractivity contribution in [1.29, 1.82) is 0 Å². The summed E-state index contributed by atoms with van der Waals surface area (Å²) in [5.74, 6) is -2.30. The smallest absolute Gasteiger partial charge is 0.328 e. The second-order valence-corrected chi connectivity index (χ2v) is 8.72. The van der Waals surface area contributed by atoms with Gasteiger partial charge in [0.2, 0.25) is 15.7 Å². The lowest BCUT2D eigenvalue weighted by atomic mass is 10.3. The maximum atomic E-state index is 13.2. The van der Waals surface area contributed by atoms with Gasteiger partial charge in [-0.05, 0) is 25.2 Å². The van der Waals surface area contributed by atoms with E-state index in [1.165, 1.54) is 36.2 Å². The predicted octanol–water partition coefficient (Wildman–Crippen LogP) is 2.19. The first-order valence-corrected chi connectivity index (χ1v) is 11.3. The average Bonchev–Trinajstić information content (AvgIpc) is 3.23. The van der Waals surface area contributed by atoms with Crippen LogP contribution in [0.15, 0.2) is 70.7 Å². The molecule has 34 heavy (non-hydrogen) atoms. The molecule has 11 nitrogen and oxygen atoms in total. The van der Waals surface area contributed by atoms with Gasteiger partial charge >= 0.3 is 11.9 Å². The quantitative estimate of drug-likeness (QED) is 0.384. The van der Waals surface area contributed by atoms with Crippen molar-refractivity contribution in [3.63, 3.8) is 0 Å². The maximum Gasteiger partial charge on any atom is 0.328 e. The van der Waals surface area contributed by atoms with Gasteiger partial charge in [-0.15, -0.1) is 0 Å². The Bertz CT molecular complexity index is 1290. The molecule has 2 aromatic heterocycles. The zero-order valence-corrected chi connectivity index (χ0v) is 19.6. The molecule has 2 heterocycles. The van der Waals surface area contributed by atoms with Crippen molar-refractivity contribution in [3.05, 3.63) is 71.5 Å². The highest BCUT2D eigenvalue weighted by Crippen LogP contribution is 2.28. The SMILES string of the molecule is CNCc1cc(S(=O)(=O)c2ccnc(OC)c2)n(-c2ccccc2Cl)n1.O=C(O)/C=C/C(=O)O. The van der Waals surface area contributed by atoms with Crippen molar-refractivity contribution in [3.8, 4) is 11.6 Å². The van der Waals surface area contributed by atoms with Crippen LogP contribution >= 0.6 is 11.6 Å². The number of hydrogen-bond donors (Lipinski definition) is 3. The van der Waals surface area contributed by atoms with Gasteiger partial charge in [-0.2, -0.15) is 5.10 Å². The van der Waals surface area contributed by atoms with Crippen molar-refractivity contribution in [2.24, 2.45) is 0 Å². The molecule has 0 amide bonds. The molecule has 0 bridgehead atoms. The number of carbonyl (C=O) groups is 2. The number of aromatic nitrogens is 3. The van der Waals surface area contributed by atoms with E-state index < -0.39 is 21.8 Å². The third-order valence-electron chi connectivity index (χ3n) is 4.04. The molecule has 0 fully saturated rings. The molecule has 0 aliphatic carbocycles. The Kier molecular flexibility index (Phi) is 9.30. The van der Waals surface area contributed by atoms with Crippen LogP contribution in [0, 0.1) is 0 Å². The number of para-hydroxylation sites is 1. The van der Waals surface area contributed by atoms with Crippen LogP contribution in [0.1, 0.15) is 5.69 Å². The van der Waals surface area contributed by atoms with Crippen LogP contribution in [0.2, 0.25) is 5.02 Å². The average molecular weight is 509 g/mol. The highest BCUT2D eigenvalue weighted by atomic mass is 35.5. The van der Waals surface area contributed by atoms with E-state index in [-0.39, 0.29) is 15.8 Å². The van der Waals surface area contributed by atoms with E-state index in [1.807, 2.05) is 0 Å². The Labute approximate surface area is 200 Å². The lowest BCUT2D eigenvalue weighted by Gasteiger charge is -2.10. The molecule has 0 aliphatic heterocycles. The number of aliphatic carboxylic acids is 2. The number of nitrogens with one attached hydrogen (secondary N) is 1. The first kappa shape index (κ1) is 26.5. The Balaban J connectivity index is 0.000000440. The number of sulfone groups is 1. The number of carboxylic acids is 2. The number of benzene rings is 1. The van der Waals surface area contributed by atoms with Gasteiger partial charge in [0.1, 0.15) is 0 Å². The Morgan fingerprint density at radius 3 is 2.35 bits per heavy atom. The number of nitrogens with zero attached hydrogens (tertiary/aromatic N) is 3. The van der Waals surface area contributed by atoms with Gasteiger partial charge < -0.3 is 20.3 Å². The molecule has 3 N–H and O–H groups in total. The van der Waals surface area contributed by atoms with Gasteiger partial charge in [-0.1, -0.05) is 23.7 Å². The minimum Gasteiger partial charge on any atom is -0.481 e. The predicted molar refractivity (Wildman–Crippen MR) is 122 cm³/mol. The molecular formula is C21H21ClN4O7S. The van der Waals surface area contributed by atoms with Crippen molar-refractivity contribution in [2.45, 2.75) is 16.5 Å². The molecular weight excluding hydrogens is 488 g/mol.